The Balaban J connectivity index is 1.89. The number of urea groups is 1. The molecule has 0 aliphatic heterocycles. The van der Waals surface area contributed by atoms with Crippen molar-refractivity contribution in [1.29, 1.82) is 0 Å². The van der Waals surface area contributed by atoms with Gasteiger partial charge in [-0.15, -0.1) is 0 Å². The van der Waals surface area contributed by atoms with Gasteiger partial charge in [-0.3, -0.25) is 0 Å². The summed E-state index contributed by atoms with van der Waals surface area (Å²) in [4.78, 5) is 12.1. The molecule has 0 bridgehead atoms. The molecule has 1 aromatic carbocycles. The first kappa shape index (κ1) is 17.8. The number of hydrogen-bond donors (Lipinski definition) is 3. The Morgan fingerprint density at radius 2 is 2.09 bits per heavy atom. The molecule has 0 saturated carbocycles. The minimum absolute atomic E-state index is 0.0455. The van der Waals surface area contributed by atoms with Gasteiger partial charge >= 0.3 is 6.03 Å². The number of amides is 2. The molecule has 23 heavy (non-hydrogen) atoms. The van der Waals surface area contributed by atoms with E-state index in [1.54, 1.807) is 19.2 Å². The molecule has 0 saturated heterocycles. The molecule has 0 heterocycles. The van der Waals surface area contributed by atoms with Gasteiger partial charge in [-0.25, -0.2) is 4.79 Å². The zero-order valence-corrected chi connectivity index (χ0v) is 14.1. The van der Waals surface area contributed by atoms with E-state index < -0.39 is 0 Å². The van der Waals surface area contributed by atoms with Gasteiger partial charge < -0.3 is 20.5 Å². The van der Waals surface area contributed by atoms with Gasteiger partial charge in [0.15, 0.2) is 0 Å². The lowest BCUT2D eigenvalue weighted by atomic mass is 10.0. The van der Waals surface area contributed by atoms with Crippen molar-refractivity contribution in [3.63, 3.8) is 0 Å². The fourth-order valence-electron chi connectivity index (χ4n) is 2.79. The number of aliphatic hydroxyl groups is 1. The van der Waals surface area contributed by atoms with Crippen LogP contribution in [0.15, 0.2) is 36.4 Å². The number of hydrogen-bond acceptors (Lipinski definition) is 3. The highest BCUT2D eigenvalue weighted by atomic mass is 35.5. The number of carbonyl (C=O) groups excluding carboxylic acids is 1. The van der Waals surface area contributed by atoms with Crippen molar-refractivity contribution in [3.8, 4) is 0 Å². The molecule has 1 aromatic rings. The first-order valence-electron chi connectivity index (χ1n) is 7.68. The van der Waals surface area contributed by atoms with Crippen LogP contribution in [0, 0.1) is 5.92 Å². The zero-order valence-electron chi connectivity index (χ0n) is 13.3. The van der Waals surface area contributed by atoms with Crippen molar-refractivity contribution in [2.45, 2.75) is 31.5 Å². The Bertz CT molecular complexity index is 547. The van der Waals surface area contributed by atoms with Crippen LogP contribution in [-0.4, -0.2) is 36.9 Å². The number of nitrogens with one attached hydrogen (secondary N) is 2. The Hall–Kier alpha value is -1.56. The average molecular weight is 339 g/mol. The summed E-state index contributed by atoms with van der Waals surface area (Å²) >= 11 is 5.90. The van der Waals surface area contributed by atoms with Gasteiger partial charge in [-0.05, 0) is 31.0 Å². The summed E-state index contributed by atoms with van der Waals surface area (Å²) in [5, 5.41) is 15.6. The van der Waals surface area contributed by atoms with E-state index in [0.29, 0.717) is 5.02 Å². The fourth-order valence-corrected chi connectivity index (χ4v) is 2.92. The highest BCUT2D eigenvalue weighted by Crippen LogP contribution is 2.22. The van der Waals surface area contributed by atoms with E-state index in [9.17, 15) is 4.79 Å². The van der Waals surface area contributed by atoms with Crippen molar-refractivity contribution >= 4 is 17.6 Å². The summed E-state index contributed by atoms with van der Waals surface area (Å²) in [5.74, 6) is 0.124. The van der Waals surface area contributed by atoms with E-state index in [2.05, 4.69) is 10.6 Å². The minimum Gasteiger partial charge on any atom is -0.396 e. The van der Waals surface area contributed by atoms with Crippen molar-refractivity contribution < 1.29 is 14.6 Å². The second-order valence-electron chi connectivity index (χ2n) is 5.78. The molecule has 0 fully saturated rings. The van der Waals surface area contributed by atoms with Gasteiger partial charge in [0.05, 0.1) is 6.04 Å². The van der Waals surface area contributed by atoms with Gasteiger partial charge in [0.1, 0.15) is 6.10 Å². The highest BCUT2D eigenvalue weighted by molar-refractivity contribution is 6.30. The molecule has 126 valence electrons. The van der Waals surface area contributed by atoms with E-state index in [4.69, 9.17) is 21.4 Å². The van der Waals surface area contributed by atoms with Crippen LogP contribution in [0.3, 0.4) is 0 Å². The molecule has 2 unspecified atom stereocenters. The van der Waals surface area contributed by atoms with Crippen molar-refractivity contribution in [1.82, 2.24) is 10.6 Å². The third kappa shape index (κ3) is 4.96. The molecule has 1 aliphatic carbocycles. The second-order valence-corrected chi connectivity index (χ2v) is 6.22. The normalized spacial score (nSPS) is 22.6. The summed E-state index contributed by atoms with van der Waals surface area (Å²) < 4.78 is 5.51. The largest absolute Gasteiger partial charge is 0.396 e. The molecule has 1 aliphatic rings. The van der Waals surface area contributed by atoms with Crippen LogP contribution in [-0.2, 0) is 4.74 Å². The Morgan fingerprint density at radius 3 is 2.65 bits per heavy atom. The van der Waals surface area contributed by atoms with Gasteiger partial charge in [-0.2, -0.15) is 0 Å². The third-order valence-electron chi connectivity index (χ3n) is 3.99. The SMILES string of the molecule is COC(c1ccc(Cl)cc1)C(C)NC(=O)N[C@@H]1C=C[C@H](CO)C1. The van der Waals surface area contributed by atoms with Crippen LogP contribution in [0.4, 0.5) is 4.79 Å². The van der Waals surface area contributed by atoms with E-state index in [1.807, 2.05) is 31.2 Å². The van der Waals surface area contributed by atoms with Crippen LogP contribution in [0.5, 0.6) is 0 Å². The van der Waals surface area contributed by atoms with E-state index in [1.165, 1.54) is 0 Å². The molecule has 5 nitrogen and oxygen atoms in total. The maximum atomic E-state index is 12.1. The standard InChI is InChI=1S/C17H23ClN2O3/c1-11(16(23-2)13-4-6-14(18)7-5-13)19-17(22)20-15-8-3-12(9-15)10-21/h3-8,11-12,15-16,21H,9-10H2,1-2H3,(H2,19,20,22)/t11?,12-,15+,16?/m0/s1. The number of halogens is 1. The first-order chi connectivity index (χ1) is 11.0. The van der Waals surface area contributed by atoms with Gasteiger partial charge in [0.25, 0.3) is 0 Å². The molecular weight excluding hydrogens is 316 g/mol. The van der Waals surface area contributed by atoms with Crippen LogP contribution < -0.4 is 10.6 Å². The van der Waals surface area contributed by atoms with Crippen molar-refractivity contribution in [2.75, 3.05) is 13.7 Å². The summed E-state index contributed by atoms with van der Waals surface area (Å²) in [6.07, 6.45) is 4.31. The summed E-state index contributed by atoms with van der Waals surface area (Å²) in [6, 6.07) is 6.87. The number of benzene rings is 1. The molecule has 2 amide bonds. The lowest BCUT2D eigenvalue weighted by molar-refractivity contribution is 0.0761. The molecule has 4 atom stereocenters. The predicted octanol–water partition coefficient (Wildman–Crippen LogP) is 2.65. The molecule has 3 N–H and O–H groups in total. The van der Waals surface area contributed by atoms with E-state index in [0.717, 1.165) is 12.0 Å². The van der Waals surface area contributed by atoms with E-state index >= 15 is 0 Å². The molecule has 0 spiro atoms. The van der Waals surface area contributed by atoms with Crippen molar-refractivity contribution in [2.24, 2.45) is 5.92 Å². The number of rotatable bonds is 6. The van der Waals surface area contributed by atoms with Crippen molar-refractivity contribution in [3.05, 3.63) is 47.0 Å². The highest BCUT2D eigenvalue weighted by Gasteiger charge is 2.23. The number of ether oxygens (including phenoxy) is 1. The smallest absolute Gasteiger partial charge is 0.315 e. The quantitative estimate of drug-likeness (QED) is 0.698. The van der Waals surface area contributed by atoms with Crippen LogP contribution in [0.1, 0.15) is 25.0 Å². The molecular formula is C17H23ClN2O3. The maximum absolute atomic E-state index is 12.1. The molecule has 0 radical (unpaired) electrons. The summed E-state index contributed by atoms with van der Waals surface area (Å²) in [6.45, 7) is 2.00. The third-order valence-corrected chi connectivity index (χ3v) is 4.24. The Labute approximate surface area is 141 Å². The lowest BCUT2D eigenvalue weighted by Crippen LogP contribution is -2.46. The molecule has 2 rings (SSSR count). The zero-order chi connectivity index (χ0) is 16.8. The predicted molar refractivity (Wildman–Crippen MR) is 90.5 cm³/mol. The summed E-state index contributed by atoms with van der Waals surface area (Å²) in [7, 11) is 1.61. The number of methoxy groups -OCH3 is 1. The summed E-state index contributed by atoms with van der Waals surface area (Å²) in [5.41, 5.74) is 0.950. The van der Waals surface area contributed by atoms with E-state index in [-0.39, 0.29) is 36.7 Å². The maximum Gasteiger partial charge on any atom is 0.315 e. The first-order valence-corrected chi connectivity index (χ1v) is 8.05. The second kappa shape index (κ2) is 8.34. The molecule has 6 heteroatoms. The monoisotopic (exact) mass is 338 g/mol. The van der Waals surface area contributed by atoms with Crippen LogP contribution in [0.2, 0.25) is 5.02 Å². The van der Waals surface area contributed by atoms with Gasteiger partial charge in [-0.1, -0.05) is 35.9 Å². The number of carbonyl (C=O) groups is 1. The van der Waals surface area contributed by atoms with Gasteiger partial charge in [0, 0.05) is 30.7 Å². The van der Waals surface area contributed by atoms with Crippen LogP contribution in [0.25, 0.3) is 0 Å². The fraction of sp³-hybridized carbons (Fsp3) is 0.471. The topological polar surface area (TPSA) is 70.6 Å². The lowest BCUT2D eigenvalue weighted by Gasteiger charge is -2.25. The number of aliphatic hydroxyl groups excluding tert-OH is 1. The minimum atomic E-state index is -0.262. The average Bonchev–Trinajstić information content (AvgIpc) is 2.97. The van der Waals surface area contributed by atoms with Gasteiger partial charge in [0.2, 0.25) is 0 Å². The Morgan fingerprint density at radius 1 is 1.39 bits per heavy atom. The molecule has 0 aromatic heterocycles. The Kier molecular flexibility index (Phi) is 6.45. The van der Waals surface area contributed by atoms with Crippen LogP contribution >= 0.6 is 11.6 Å².